The maximum atomic E-state index is 14.3. The number of unbranched alkanes of at least 4 members (excludes halogenated alkanes) is 26. The summed E-state index contributed by atoms with van der Waals surface area (Å²) in [7, 11) is 0. The molecule has 128 heavy (non-hydrogen) atoms. The first-order chi connectivity index (χ1) is 62.4. The first-order valence-electron chi connectivity index (χ1n) is 50.9. The summed E-state index contributed by atoms with van der Waals surface area (Å²) >= 11 is 15.3. The highest BCUT2D eigenvalue weighted by Crippen LogP contribution is 2.56. The van der Waals surface area contributed by atoms with Crippen molar-refractivity contribution in [1.29, 1.82) is 0 Å². The third-order valence-electron chi connectivity index (χ3n) is 28.0. The number of rotatable bonds is 51. The smallest absolute Gasteiger partial charge is 0.256 e. The zero-order chi connectivity index (χ0) is 90.3. The van der Waals surface area contributed by atoms with E-state index in [1.54, 1.807) is 0 Å². The molecule has 12 aromatic rings. The topological polar surface area (TPSA) is 65.9 Å². The van der Waals surface area contributed by atoms with Gasteiger partial charge in [0.1, 0.15) is 0 Å². The highest BCUT2D eigenvalue weighted by atomic mass is 32.1. The molecule has 0 aliphatic carbocycles. The average molecular weight is 1870 g/mol. The summed E-state index contributed by atoms with van der Waals surface area (Å²) in [4.78, 5) is 66.2. The molecule has 0 fully saturated rings. The molecule has 2 unspecified atom stereocenters. The average Bonchev–Trinajstić information content (AvgIpc) is 1.63. The Morgan fingerprint density at radius 3 is 1.16 bits per heavy atom. The lowest BCUT2D eigenvalue weighted by atomic mass is 9.95. The highest BCUT2D eigenvalue weighted by Gasteiger charge is 2.38. The van der Waals surface area contributed by atoms with E-state index in [1.807, 2.05) is 90.7 Å². The Kier molecular flexibility index (Phi) is 38.3. The van der Waals surface area contributed by atoms with Gasteiger partial charge in [-0.2, -0.15) is 0 Å². The Balaban J connectivity index is 0.000000173. The number of hydrogen-bond donors (Lipinski definition) is 0. The van der Waals surface area contributed by atoms with Crippen LogP contribution in [0.4, 0.5) is 0 Å². The van der Waals surface area contributed by atoms with Gasteiger partial charge < -0.3 is 19.3 Å². The van der Waals surface area contributed by atoms with Gasteiger partial charge in [0.15, 0.2) is 0 Å². The van der Waals surface area contributed by atoms with Crippen molar-refractivity contribution in [2.75, 3.05) is 19.6 Å². The van der Waals surface area contributed by atoms with E-state index in [0.29, 0.717) is 0 Å². The molecule has 15 rings (SSSR count). The van der Waals surface area contributed by atoms with E-state index in [2.05, 4.69) is 202 Å². The Morgan fingerprint density at radius 1 is 0.312 bits per heavy atom. The lowest BCUT2D eigenvalue weighted by Gasteiger charge is -2.16. The number of benzene rings is 3. The van der Waals surface area contributed by atoms with Gasteiger partial charge >= 0.3 is 0 Å². The van der Waals surface area contributed by atoms with Crippen LogP contribution in [0.3, 0.4) is 0 Å². The van der Waals surface area contributed by atoms with E-state index < -0.39 is 0 Å². The maximum Gasteiger partial charge on any atom is 0.256 e. The summed E-state index contributed by atoms with van der Waals surface area (Å²) in [6.45, 7) is 40.2. The summed E-state index contributed by atoms with van der Waals surface area (Å²) in [5, 5.41) is 5.43. The molecule has 692 valence electrons. The van der Waals surface area contributed by atoms with E-state index in [4.69, 9.17) is 0 Å². The van der Waals surface area contributed by atoms with Gasteiger partial charge in [0.25, 0.3) is 17.7 Å². The molecule has 3 aliphatic rings. The minimum Gasteiger partial charge on any atom is -0.340 e. The van der Waals surface area contributed by atoms with Crippen LogP contribution in [-0.2, 0) is 45.4 Å². The standard InChI is InChI=1S/C50H65NOS5.C36H48N2OS.C27H41NOS2/c1-8-13-16-17-18-19-26-51-31-40-33(7)54-49(46(40)50(51)52)43-30-39-45(42-25-23-37(56-42)29-35(12-5)21-15-10-3)47-38(27-32(6)53-47)44(48(39)57-43)41-24-22-36(55-41)28-34(11-4)20-14-9-2;1-5-7-9-11-13-15-21-37-25-31-27(4)40-35(34(31)36(37)39)28-18-20-30-29-19-17-26(3)23-32(29)38(33(30)24-28)22-16-14-12-10-8-6-2;1-5-7-9-11-13-15-17-28-19-23-21(4)31-26(25(23)27(28)29)24-18-22(20(3)30-24)16-14-12-10-8-6-2/h22-25,27,30,34-35H,8-21,26,28-29,31H2,1-7H3;17-20,23-24H,5-16,21-22,25H2,1-4H3;18H,5-17,19H2,1-4H3. The van der Waals surface area contributed by atoms with Gasteiger partial charge in [-0.15, -0.1) is 90.7 Å². The van der Waals surface area contributed by atoms with E-state index in [-0.39, 0.29) is 17.7 Å². The summed E-state index contributed by atoms with van der Waals surface area (Å²) in [5.74, 6) is 2.27. The minimum absolute atomic E-state index is 0.242. The fourth-order valence-corrected chi connectivity index (χ4v) is 29.8. The molecule has 12 heterocycles. The van der Waals surface area contributed by atoms with Gasteiger partial charge in [0.2, 0.25) is 0 Å². The second kappa shape index (κ2) is 49.3. The molecule has 3 aliphatic heterocycles. The zero-order valence-corrected chi connectivity index (χ0v) is 87.7. The second-order valence-corrected chi connectivity index (χ2v) is 47.6. The molecular formula is C113H154N4O3S8. The van der Waals surface area contributed by atoms with Crippen molar-refractivity contribution in [2.24, 2.45) is 11.8 Å². The summed E-state index contributed by atoms with van der Waals surface area (Å²) in [6, 6.07) is 30.8. The van der Waals surface area contributed by atoms with Crippen LogP contribution in [-0.4, -0.2) is 56.6 Å². The van der Waals surface area contributed by atoms with Gasteiger partial charge in [0.05, 0.1) is 26.4 Å². The largest absolute Gasteiger partial charge is 0.340 e. The van der Waals surface area contributed by atoms with Crippen LogP contribution in [0.5, 0.6) is 0 Å². The van der Waals surface area contributed by atoms with Gasteiger partial charge in [-0.1, -0.05) is 292 Å². The number of carbonyl (C=O) groups excluding carboxylic acids is 3. The van der Waals surface area contributed by atoms with E-state index in [0.717, 1.165) is 98.5 Å². The third kappa shape index (κ3) is 24.2. The van der Waals surface area contributed by atoms with Crippen LogP contribution in [0.2, 0.25) is 0 Å². The molecule has 0 radical (unpaired) electrons. The number of amides is 3. The Morgan fingerprint density at radius 2 is 0.703 bits per heavy atom. The van der Waals surface area contributed by atoms with Crippen LogP contribution in [0.25, 0.3) is 92.8 Å². The lowest BCUT2D eigenvalue weighted by molar-refractivity contribution is 0.0768. The number of carbonyl (C=O) groups is 3. The molecule has 15 heteroatoms. The first-order valence-corrected chi connectivity index (χ1v) is 57.5. The number of fused-ring (bicyclic) bond motifs is 8. The molecule has 7 nitrogen and oxygen atoms in total. The molecule has 9 aromatic heterocycles. The molecule has 3 aromatic carbocycles. The predicted octanol–water partition coefficient (Wildman–Crippen LogP) is 37.5. The van der Waals surface area contributed by atoms with Gasteiger partial charge in [0, 0.05) is 157 Å². The number of thiophene rings is 8. The van der Waals surface area contributed by atoms with Crippen molar-refractivity contribution in [3.8, 4) is 50.8 Å². The number of nitrogens with zero attached hydrogens (tertiary/aromatic N) is 4. The van der Waals surface area contributed by atoms with Gasteiger partial charge in [-0.3, -0.25) is 14.4 Å². The summed E-state index contributed by atoms with van der Waals surface area (Å²) in [6.07, 6.45) is 50.9. The quantitative estimate of drug-likeness (QED) is 0.0357. The fourth-order valence-electron chi connectivity index (χ4n) is 20.2. The van der Waals surface area contributed by atoms with Crippen molar-refractivity contribution in [2.45, 2.75) is 387 Å². The van der Waals surface area contributed by atoms with Crippen LogP contribution in [0, 0.1) is 53.4 Å². The number of hydrogen-bond acceptors (Lipinski definition) is 11. The summed E-state index contributed by atoms with van der Waals surface area (Å²) in [5.41, 5.74) is 16.3. The molecule has 2 atom stereocenters. The number of aromatic nitrogens is 1. The van der Waals surface area contributed by atoms with Crippen LogP contribution >= 0.6 is 90.7 Å². The van der Waals surface area contributed by atoms with Gasteiger partial charge in [-0.25, -0.2) is 0 Å². The fraction of sp³-hybridized carbons (Fsp3) is 0.566. The second-order valence-electron chi connectivity index (χ2n) is 38.0. The normalized spacial score (nSPS) is 13.7. The maximum absolute atomic E-state index is 14.3. The minimum atomic E-state index is 0.242. The molecule has 0 spiro atoms. The Bertz CT molecular complexity index is 5480. The zero-order valence-electron chi connectivity index (χ0n) is 81.2. The molecule has 0 N–H and O–H groups in total. The van der Waals surface area contributed by atoms with Crippen molar-refractivity contribution in [3.63, 3.8) is 0 Å². The van der Waals surface area contributed by atoms with Crippen molar-refractivity contribution >= 4 is 150 Å². The van der Waals surface area contributed by atoms with Crippen LogP contribution in [0.15, 0.2) is 78.9 Å². The van der Waals surface area contributed by atoms with E-state index >= 15 is 0 Å². The number of aryl methyl sites for hydroxylation is 8. The van der Waals surface area contributed by atoms with Gasteiger partial charge in [-0.05, 0) is 193 Å². The monoisotopic (exact) mass is 1870 g/mol. The predicted molar refractivity (Wildman–Crippen MR) is 570 cm³/mol. The highest BCUT2D eigenvalue weighted by molar-refractivity contribution is 7.28. The van der Waals surface area contributed by atoms with E-state index in [1.165, 1.54) is 387 Å². The Labute approximate surface area is 803 Å². The summed E-state index contributed by atoms with van der Waals surface area (Å²) < 4.78 is 5.35. The van der Waals surface area contributed by atoms with Crippen molar-refractivity contribution in [3.05, 3.63) is 158 Å². The molecule has 3 amide bonds. The van der Waals surface area contributed by atoms with Crippen molar-refractivity contribution < 1.29 is 14.4 Å². The molecule has 0 bridgehead atoms. The SMILES string of the molecule is CCCCCCCCN1Cc2c(C)sc(-c3cc(CCCCCCC)c(C)s3)c2C1=O.CCCCCCCCN1Cc2c(C)sc(-c3cc4c(-c5ccc(CC(CC)CCCC)s5)c5sc(C)cc5c(-c5ccc(CC(CC)CCCC)s5)c4s3)c2C1=O.CCCCCCCCN1Cc2c(C)sc(-c3ccc4c5ccc(C)cc5n(CCCCCCCC)c4c3)c2C1=O. The molecular weight excluding hydrogens is 1720 g/mol. The molecule has 0 saturated heterocycles. The Hall–Kier alpha value is -6.01. The van der Waals surface area contributed by atoms with E-state index in [9.17, 15) is 14.4 Å². The third-order valence-corrected chi connectivity index (χ3v) is 37.4. The first kappa shape index (κ1) is 99.5. The lowest BCUT2D eigenvalue weighted by Crippen LogP contribution is -2.25. The van der Waals surface area contributed by atoms with Crippen LogP contribution in [0.1, 0.15) is 393 Å². The molecule has 0 saturated carbocycles. The van der Waals surface area contributed by atoms with Crippen LogP contribution < -0.4 is 0 Å². The van der Waals surface area contributed by atoms with Crippen molar-refractivity contribution in [1.82, 2.24) is 19.3 Å².